The molecule has 0 amide bonds. The minimum atomic E-state index is -3.22. The number of benzene rings is 1. The van der Waals surface area contributed by atoms with Crippen molar-refractivity contribution in [1.82, 2.24) is 0 Å². The van der Waals surface area contributed by atoms with Gasteiger partial charge in [0.2, 0.25) is 0 Å². The molecular weight excluding hydrogens is 384 g/mol. The van der Waals surface area contributed by atoms with Crippen molar-refractivity contribution in [3.05, 3.63) is 54.6 Å². The zero-order valence-electron chi connectivity index (χ0n) is 13.2. The maximum atomic E-state index is 13.7. The van der Waals surface area contributed by atoms with E-state index in [0.717, 1.165) is 0 Å². The Morgan fingerprint density at radius 3 is 1.88 bits per heavy atom. The van der Waals surface area contributed by atoms with Crippen LogP contribution in [0.5, 0.6) is 0 Å². The molecule has 3 aliphatic heterocycles. The second kappa shape index (κ2) is 6.93. The van der Waals surface area contributed by atoms with Gasteiger partial charge in [0.1, 0.15) is 0 Å². The van der Waals surface area contributed by atoms with Gasteiger partial charge >= 0.3 is 15.3 Å². The summed E-state index contributed by atoms with van der Waals surface area (Å²) in [6.45, 7) is 1.07. The van der Waals surface area contributed by atoms with Gasteiger partial charge < -0.3 is 18.1 Å². The van der Waals surface area contributed by atoms with Gasteiger partial charge in [0, 0.05) is 0 Å². The van der Waals surface area contributed by atoms with E-state index in [9.17, 15) is 4.21 Å². The minimum absolute atomic E-state index is 0.267. The van der Waals surface area contributed by atoms with Gasteiger partial charge in [-0.15, -0.1) is 12.8 Å². The van der Waals surface area contributed by atoms with Gasteiger partial charge in [-0.3, -0.25) is 0 Å². The van der Waals surface area contributed by atoms with Gasteiger partial charge in [-0.1, -0.05) is 42.5 Å². The third-order valence-corrected chi connectivity index (χ3v) is 11.5. The Morgan fingerprint density at radius 1 is 0.800 bits per heavy atom. The van der Waals surface area contributed by atoms with Crippen molar-refractivity contribution < 1.29 is 22.3 Å². The fourth-order valence-corrected chi connectivity index (χ4v) is 11.0. The van der Waals surface area contributed by atoms with Gasteiger partial charge in [-0.05, 0) is 12.1 Å². The Bertz CT molecular complexity index is 897. The van der Waals surface area contributed by atoms with Gasteiger partial charge in [-0.2, -0.15) is 0 Å². The molecule has 0 fully saturated rings. The molecule has 3 aliphatic rings. The minimum Gasteiger partial charge on any atom is -0.302 e. The van der Waals surface area contributed by atoms with Crippen LogP contribution >= 0.6 is 15.3 Å². The molecule has 134 valence electrons. The van der Waals surface area contributed by atoms with Crippen molar-refractivity contribution in [3.8, 4) is 0 Å². The van der Waals surface area contributed by atoms with Crippen molar-refractivity contribution in [3.63, 3.8) is 0 Å². The van der Waals surface area contributed by atoms with Crippen LogP contribution in [0.25, 0.3) is 0 Å². The summed E-state index contributed by atoms with van der Waals surface area (Å²) in [5, 5.41) is 0. The van der Waals surface area contributed by atoms with Crippen LogP contribution in [0.2, 0.25) is 0 Å². The molecule has 0 N–H and O–H groups in total. The number of hydrogen-bond acceptors (Lipinski definition) is 7. The molecule has 0 saturated carbocycles. The fourth-order valence-electron chi connectivity index (χ4n) is 2.27. The summed E-state index contributed by atoms with van der Waals surface area (Å²) in [5.41, 5.74) is 0. The molecule has 0 aromatic heterocycles. The fraction of sp³-hybridized carbons (Fsp3) is 0.286. The molecule has 2 spiro atoms. The van der Waals surface area contributed by atoms with Crippen LogP contribution in [0.15, 0.2) is 72.3 Å². The molecule has 0 unspecified atom stereocenters. The number of nitrogens with zero attached hydrogens (tertiary/aromatic N) is 3. The molecule has 1 atom stereocenters. The van der Waals surface area contributed by atoms with E-state index in [4.69, 9.17) is 18.1 Å². The molecule has 0 radical (unpaired) electrons. The van der Waals surface area contributed by atoms with Crippen LogP contribution in [-0.4, -0.2) is 30.6 Å². The third kappa shape index (κ3) is 3.59. The first-order valence-electron chi connectivity index (χ1n) is 7.63. The number of rotatable bonds is 1. The predicted octanol–water partition coefficient (Wildman–Crippen LogP) is 4.54. The topological polar surface area (TPSA) is 91.1 Å². The summed E-state index contributed by atoms with van der Waals surface area (Å²) < 4.78 is 50.2. The first kappa shape index (κ1) is 17.4. The molecule has 25 heavy (non-hydrogen) atoms. The summed E-state index contributed by atoms with van der Waals surface area (Å²) in [6, 6.07) is 8.81. The molecule has 11 heteroatoms. The van der Waals surface area contributed by atoms with Crippen LogP contribution in [0, 0.1) is 0 Å². The summed E-state index contributed by atoms with van der Waals surface area (Å²) in [6.07, 6.45) is 7.27. The molecule has 1 aromatic rings. The van der Waals surface area contributed by atoms with E-state index in [1.807, 2.05) is 30.4 Å². The second-order valence-electron chi connectivity index (χ2n) is 5.17. The lowest BCUT2D eigenvalue weighted by atomic mass is 10.4. The van der Waals surface area contributed by atoms with E-state index in [0.29, 0.717) is 4.90 Å². The van der Waals surface area contributed by atoms with Gasteiger partial charge in [-0.25, -0.2) is 4.21 Å². The zero-order valence-corrected chi connectivity index (χ0v) is 15.8. The highest BCUT2D eigenvalue weighted by atomic mass is 32.2. The molecule has 4 rings (SSSR count). The Balaban J connectivity index is 1.94. The highest BCUT2D eigenvalue weighted by molar-refractivity contribution is 7.99. The maximum Gasteiger partial charge on any atom is 0.355 e. The molecule has 0 saturated heterocycles. The Kier molecular flexibility index (Phi) is 4.81. The lowest BCUT2D eigenvalue weighted by Crippen LogP contribution is -2.06. The molecule has 0 bridgehead atoms. The zero-order chi connectivity index (χ0) is 17.2. The second-order valence-corrected chi connectivity index (χ2v) is 11.7. The first-order valence-corrected chi connectivity index (χ1v) is 12.2. The van der Waals surface area contributed by atoms with E-state index < -0.39 is 25.2 Å². The Hall–Kier alpha value is -1.05. The molecule has 3 heterocycles. The van der Waals surface area contributed by atoms with Crippen LogP contribution < -0.4 is 0 Å². The van der Waals surface area contributed by atoms with Crippen LogP contribution in [0.3, 0.4) is 0 Å². The van der Waals surface area contributed by atoms with Crippen molar-refractivity contribution in [2.24, 2.45) is 12.8 Å². The van der Waals surface area contributed by atoms with Crippen LogP contribution in [-0.2, 0) is 28.0 Å². The Morgan fingerprint density at radius 2 is 1.32 bits per heavy atom. The lowest BCUT2D eigenvalue weighted by Gasteiger charge is -2.27. The summed E-state index contributed by atoms with van der Waals surface area (Å²) in [5.74, 6) is 0. The van der Waals surface area contributed by atoms with E-state index in [1.54, 1.807) is 24.3 Å². The van der Waals surface area contributed by atoms with E-state index in [1.165, 1.54) is 0 Å². The summed E-state index contributed by atoms with van der Waals surface area (Å²) in [4.78, 5) is 0.456. The Labute approximate surface area is 146 Å². The molecule has 8 nitrogen and oxygen atoms in total. The van der Waals surface area contributed by atoms with Gasteiger partial charge in [0.15, 0.2) is 9.92 Å². The third-order valence-electron chi connectivity index (χ3n) is 3.39. The van der Waals surface area contributed by atoms with Crippen molar-refractivity contribution in [1.29, 1.82) is 0 Å². The van der Waals surface area contributed by atoms with Crippen LogP contribution in [0.4, 0.5) is 0 Å². The standard InChI is InChI=1S/C14H17N3O5P2S/c18-25(14-8-2-1-3-9-14)16-23(19-10-4-5-11-20-23)15-24(17-25)21-12-6-7-13-22-24/h1-9H,10-13H2. The first-order chi connectivity index (χ1) is 12.1. The normalized spacial score (nSPS) is 29.9. The summed E-state index contributed by atoms with van der Waals surface area (Å²) >= 11 is 0. The molecular formula is C14H17N3O5P2S. The smallest absolute Gasteiger partial charge is 0.302 e. The van der Waals surface area contributed by atoms with Crippen LogP contribution in [0.1, 0.15) is 0 Å². The van der Waals surface area contributed by atoms with Crippen molar-refractivity contribution in [2.45, 2.75) is 4.90 Å². The largest absolute Gasteiger partial charge is 0.355 e. The average Bonchev–Trinajstić information content (AvgIpc) is 2.96. The molecule has 1 aromatic carbocycles. The molecule has 0 aliphatic carbocycles. The quantitative estimate of drug-likeness (QED) is 0.509. The van der Waals surface area contributed by atoms with Gasteiger partial charge in [0.25, 0.3) is 0 Å². The van der Waals surface area contributed by atoms with E-state index >= 15 is 0 Å². The summed E-state index contributed by atoms with van der Waals surface area (Å²) in [7, 11) is -9.57. The highest BCUT2D eigenvalue weighted by Gasteiger charge is 2.40. The van der Waals surface area contributed by atoms with Crippen molar-refractivity contribution >= 4 is 25.2 Å². The predicted molar refractivity (Wildman–Crippen MR) is 96.1 cm³/mol. The lowest BCUT2D eigenvalue weighted by molar-refractivity contribution is 0.278. The highest BCUT2D eigenvalue weighted by Crippen LogP contribution is 2.71. The van der Waals surface area contributed by atoms with Gasteiger partial charge in [0.05, 0.1) is 31.3 Å². The van der Waals surface area contributed by atoms with E-state index in [-0.39, 0.29) is 26.4 Å². The SMILES string of the molecule is O=[S@@]1(c2ccccc2)=NP2(=NP3(=N1)OCC=CCO3)OCC=CCO2. The number of hydrogen-bond donors (Lipinski definition) is 0. The van der Waals surface area contributed by atoms with E-state index in [2.05, 4.69) is 12.8 Å². The van der Waals surface area contributed by atoms with Crippen molar-refractivity contribution in [2.75, 3.05) is 26.4 Å². The average molecular weight is 401 g/mol. The monoisotopic (exact) mass is 401 g/mol. The maximum absolute atomic E-state index is 13.7.